The van der Waals surface area contributed by atoms with Crippen molar-refractivity contribution >= 4 is 23.3 Å². The predicted octanol–water partition coefficient (Wildman–Crippen LogP) is 4.49. The number of pyridine rings is 1. The van der Waals surface area contributed by atoms with Crippen LogP contribution < -0.4 is 4.90 Å². The Bertz CT molecular complexity index is 902. The number of rotatable bonds is 3. The van der Waals surface area contributed by atoms with Gasteiger partial charge in [0.25, 0.3) is 0 Å². The van der Waals surface area contributed by atoms with E-state index in [0.717, 1.165) is 48.9 Å². The zero-order chi connectivity index (χ0) is 20.0. The van der Waals surface area contributed by atoms with Crippen LogP contribution in [0.4, 0.5) is 5.82 Å². The number of hydrogen-bond donors (Lipinski definition) is 0. The van der Waals surface area contributed by atoms with E-state index in [4.69, 9.17) is 16.6 Å². The first kappa shape index (κ1) is 18.9. The van der Waals surface area contributed by atoms with Gasteiger partial charge in [-0.25, -0.2) is 4.98 Å². The van der Waals surface area contributed by atoms with Crippen LogP contribution in [0.2, 0.25) is 5.02 Å². The summed E-state index contributed by atoms with van der Waals surface area (Å²) in [6.07, 6.45) is 5.03. The van der Waals surface area contributed by atoms with Gasteiger partial charge >= 0.3 is 0 Å². The molecule has 3 saturated heterocycles. The number of aromatic nitrogens is 1. The molecule has 0 radical (unpaired) electrons. The Morgan fingerprint density at radius 1 is 1.10 bits per heavy atom. The van der Waals surface area contributed by atoms with Gasteiger partial charge in [-0.3, -0.25) is 4.79 Å². The van der Waals surface area contributed by atoms with Gasteiger partial charge in [0.15, 0.2) is 0 Å². The van der Waals surface area contributed by atoms with Gasteiger partial charge in [0.1, 0.15) is 5.82 Å². The monoisotopic (exact) mass is 409 g/mol. The molecule has 152 valence electrons. The number of aryl methyl sites for hydroxylation is 1. The number of carbonyl (C=O) groups excluding carboxylic acids is 1. The lowest BCUT2D eigenvalue weighted by molar-refractivity contribution is -0.148. The zero-order valence-electron chi connectivity index (χ0n) is 16.9. The quantitative estimate of drug-likeness (QED) is 0.749. The van der Waals surface area contributed by atoms with Crippen molar-refractivity contribution in [3.8, 4) is 0 Å². The maximum absolute atomic E-state index is 13.0. The fraction of sp³-hybridized carbons (Fsp3) is 0.500. The smallest absolute Gasteiger partial charge is 0.223 e. The Balaban J connectivity index is 1.47. The van der Waals surface area contributed by atoms with E-state index in [1.165, 1.54) is 12.0 Å². The van der Waals surface area contributed by atoms with Crippen LogP contribution in [0, 0.1) is 18.8 Å². The van der Waals surface area contributed by atoms with Gasteiger partial charge < -0.3 is 9.80 Å². The Morgan fingerprint density at radius 3 is 2.69 bits per heavy atom. The molecule has 1 aromatic heterocycles. The predicted molar refractivity (Wildman–Crippen MR) is 116 cm³/mol. The normalized spacial score (nSPS) is 29.0. The summed E-state index contributed by atoms with van der Waals surface area (Å²) < 4.78 is 0. The minimum absolute atomic E-state index is 0.280. The van der Waals surface area contributed by atoms with Crippen LogP contribution in [-0.2, 0) is 11.2 Å². The first-order valence-electron chi connectivity index (χ1n) is 10.8. The summed E-state index contributed by atoms with van der Waals surface area (Å²) in [5.74, 6) is 2.40. The van der Waals surface area contributed by atoms with Crippen LogP contribution >= 0.6 is 11.6 Å². The van der Waals surface area contributed by atoms with E-state index < -0.39 is 0 Å². The number of fused-ring (bicyclic) bond motifs is 4. The molecule has 4 nitrogen and oxygen atoms in total. The van der Waals surface area contributed by atoms with Gasteiger partial charge in [-0.1, -0.05) is 41.9 Å². The molecular formula is C24H28ClN3O. The van der Waals surface area contributed by atoms with E-state index in [9.17, 15) is 4.79 Å². The van der Waals surface area contributed by atoms with Gasteiger partial charge in [-0.15, -0.1) is 0 Å². The third kappa shape index (κ3) is 3.52. The summed E-state index contributed by atoms with van der Waals surface area (Å²) >= 11 is 6.21. The van der Waals surface area contributed by atoms with Crippen molar-refractivity contribution in [2.45, 2.75) is 51.1 Å². The summed E-state index contributed by atoms with van der Waals surface area (Å²) in [5, 5.41) is 0.719. The molecule has 0 unspecified atom stereocenters. The molecule has 0 saturated carbocycles. The van der Waals surface area contributed by atoms with E-state index in [2.05, 4.69) is 40.1 Å². The van der Waals surface area contributed by atoms with Crippen molar-refractivity contribution in [2.24, 2.45) is 11.8 Å². The summed E-state index contributed by atoms with van der Waals surface area (Å²) in [5.41, 5.74) is 2.21. The number of carbonyl (C=O) groups is 1. The maximum atomic E-state index is 13.0. The molecule has 2 bridgehead atoms. The average Bonchev–Trinajstić information content (AvgIpc) is 2.74. The molecule has 3 aliphatic rings. The van der Waals surface area contributed by atoms with Crippen LogP contribution in [-0.4, -0.2) is 41.0 Å². The third-order valence-electron chi connectivity index (χ3n) is 7.11. The molecule has 0 aliphatic carbocycles. The minimum atomic E-state index is 0.280. The van der Waals surface area contributed by atoms with Crippen LogP contribution in [0.5, 0.6) is 0 Å². The highest BCUT2D eigenvalue weighted by Gasteiger charge is 2.49. The number of piperidine rings is 3. The van der Waals surface area contributed by atoms with Crippen LogP contribution in [0.15, 0.2) is 42.5 Å². The molecule has 0 N–H and O–H groups in total. The van der Waals surface area contributed by atoms with Crippen molar-refractivity contribution in [2.75, 3.05) is 18.0 Å². The molecule has 29 heavy (non-hydrogen) atoms. The first-order valence-corrected chi connectivity index (χ1v) is 11.2. The van der Waals surface area contributed by atoms with Crippen molar-refractivity contribution in [3.63, 3.8) is 0 Å². The second-order valence-corrected chi connectivity index (χ2v) is 9.32. The number of anilines is 1. The fourth-order valence-corrected chi connectivity index (χ4v) is 5.89. The second-order valence-electron chi connectivity index (χ2n) is 8.92. The second kappa shape index (κ2) is 7.64. The Hall–Kier alpha value is -2.07. The van der Waals surface area contributed by atoms with Crippen molar-refractivity contribution in [3.05, 3.63) is 58.7 Å². The van der Waals surface area contributed by atoms with E-state index in [-0.39, 0.29) is 6.04 Å². The molecule has 5 rings (SSSR count). The van der Waals surface area contributed by atoms with Crippen molar-refractivity contribution < 1.29 is 4.79 Å². The van der Waals surface area contributed by atoms with Crippen molar-refractivity contribution in [1.82, 2.24) is 9.88 Å². The Morgan fingerprint density at radius 2 is 1.90 bits per heavy atom. The van der Waals surface area contributed by atoms with Crippen molar-refractivity contribution in [1.29, 1.82) is 0 Å². The molecule has 3 aliphatic heterocycles. The minimum Gasteiger partial charge on any atom is -0.356 e. The SMILES string of the molecule is Cc1nc(N2C[C@H]3C[C@@H](C2)[C@H](Cc2ccccc2)N2C(=O)CCC[C@@H]32)ccc1Cl. The lowest BCUT2D eigenvalue weighted by Crippen LogP contribution is -2.65. The molecule has 5 heteroatoms. The van der Waals surface area contributed by atoms with E-state index in [0.29, 0.717) is 30.2 Å². The fourth-order valence-electron chi connectivity index (χ4n) is 5.79. The molecule has 1 amide bonds. The van der Waals surface area contributed by atoms with E-state index >= 15 is 0 Å². The average molecular weight is 410 g/mol. The molecule has 0 spiro atoms. The first-order chi connectivity index (χ1) is 14.1. The van der Waals surface area contributed by atoms with Gasteiger partial charge in [-0.2, -0.15) is 0 Å². The number of benzene rings is 1. The number of halogens is 1. The van der Waals surface area contributed by atoms with Crippen LogP contribution in [0.1, 0.15) is 36.9 Å². The molecule has 1 aromatic carbocycles. The maximum Gasteiger partial charge on any atom is 0.223 e. The standard InChI is InChI=1S/C24H28ClN3O/c1-16-20(25)10-11-23(26-16)27-14-18-13-19(15-27)22(12-17-6-3-2-4-7-17)28-21(18)8-5-9-24(28)29/h2-4,6-7,10-11,18-19,21-22H,5,8-9,12-15H2,1H3/t18-,19+,21+,22+/m1/s1. The number of hydrogen-bond acceptors (Lipinski definition) is 3. The summed E-state index contributed by atoms with van der Waals surface area (Å²) in [7, 11) is 0. The topological polar surface area (TPSA) is 36.4 Å². The van der Waals surface area contributed by atoms with E-state index in [1.807, 2.05) is 19.1 Å². The van der Waals surface area contributed by atoms with Crippen LogP contribution in [0.25, 0.3) is 0 Å². The number of amides is 1. The van der Waals surface area contributed by atoms with E-state index in [1.54, 1.807) is 0 Å². The van der Waals surface area contributed by atoms with Gasteiger partial charge in [0, 0.05) is 31.6 Å². The highest BCUT2D eigenvalue weighted by atomic mass is 35.5. The summed E-state index contributed by atoms with van der Waals surface area (Å²) in [6, 6.07) is 15.3. The molecule has 4 heterocycles. The highest BCUT2D eigenvalue weighted by Crippen LogP contribution is 2.43. The third-order valence-corrected chi connectivity index (χ3v) is 7.51. The van der Waals surface area contributed by atoms with Gasteiger partial charge in [0.05, 0.1) is 10.7 Å². The van der Waals surface area contributed by atoms with Gasteiger partial charge in [-0.05, 0) is 62.1 Å². The lowest BCUT2D eigenvalue weighted by Gasteiger charge is -2.57. The molecule has 2 aromatic rings. The molecule has 3 fully saturated rings. The lowest BCUT2D eigenvalue weighted by atomic mass is 9.71. The van der Waals surface area contributed by atoms with Crippen LogP contribution in [0.3, 0.4) is 0 Å². The van der Waals surface area contributed by atoms with Gasteiger partial charge in [0.2, 0.25) is 5.91 Å². The summed E-state index contributed by atoms with van der Waals surface area (Å²) in [6.45, 7) is 3.91. The molecular weight excluding hydrogens is 382 g/mol. The molecule has 4 atom stereocenters. The summed E-state index contributed by atoms with van der Waals surface area (Å²) in [4.78, 5) is 22.5. The number of nitrogens with zero attached hydrogens (tertiary/aromatic N) is 3. The highest BCUT2D eigenvalue weighted by molar-refractivity contribution is 6.31. The Kier molecular flexibility index (Phi) is 4.99. The zero-order valence-corrected chi connectivity index (χ0v) is 17.7. The largest absolute Gasteiger partial charge is 0.356 e. The Labute approximate surface area is 177 Å².